The van der Waals surface area contributed by atoms with Crippen LogP contribution in [-0.4, -0.2) is 23.5 Å². The molecule has 0 aliphatic carbocycles. The third kappa shape index (κ3) is 5.64. The lowest BCUT2D eigenvalue weighted by Crippen LogP contribution is -2.40. The Morgan fingerprint density at radius 1 is 1.17 bits per heavy atom. The second-order valence-corrected chi connectivity index (χ2v) is 8.97. The smallest absolute Gasteiger partial charge is 0.329 e. The largest absolute Gasteiger partial charge is 0.458 e. The zero-order valence-corrected chi connectivity index (χ0v) is 18.1. The first kappa shape index (κ1) is 21.5. The van der Waals surface area contributed by atoms with Gasteiger partial charge >= 0.3 is 5.97 Å². The van der Waals surface area contributed by atoms with Crippen LogP contribution in [0.4, 0.5) is 11.4 Å². The maximum Gasteiger partial charge on any atom is 0.329 e. The summed E-state index contributed by atoms with van der Waals surface area (Å²) in [5.41, 5.74) is 1.56. The number of fused-ring (bicyclic) bond motifs is 1. The van der Waals surface area contributed by atoms with Crippen molar-refractivity contribution in [3.05, 3.63) is 58.1 Å². The van der Waals surface area contributed by atoms with Crippen LogP contribution in [0, 0.1) is 0 Å². The molecule has 1 heterocycles. The maximum absolute atomic E-state index is 12.7. The van der Waals surface area contributed by atoms with E-state index < -0.39 is 11.6 Å². The van der Waals surface area contributed by atoms with Gasteiger partial charge in [-0.05, 0) is 62.9 Å². The summed E-state index contributed by atoms with van der Waals surface area (Å²) in [6.07, 6.45) is 0.579. The molecule has 0 aromatic heterocycles. The Kier molecular flexibility index (Phi) is 6.39. The predicted molar refractivity (Wildman–Crippen MR) is 117 cm³/mol. The minimum atomic E-state index is -0.606. The number of amides is 1. The van der Waals surface area contributed by atoms with Gasteiger partial charge < -0.3 is 15.4 Å². The van der Waals surface area contributed by atoms with Crippen LogP contribution in [0.25, 0.3) is 0 Å². The molecule has 0 unspecified atom stereocenters. The summed E-state index contributed by atoms with van der Waals surface area (Å²) in [5, 5.41) is 7.00. The summed E-state index contributed by atoms with van der Waals surface area (Å²) in [5.74, 6) is -0.770. The number of esters is 1. The molecule has 0 fully saturated rings. The van der Waals surface area contributed by atoms with E-state index in [-0.39, 0.29) is 24.2 Å². The zero-order valence-electron chi connectivity index (χ0n) is 16.6. The van der Waals surface area contributed by atoms with E-state index in [0.717, 1.165) is 11.3 Å². The van der Waals surface area contributed by atoms with Crippen LogP contribution in [-0.2, 0) is 14.3 Å². The summed E-state index contributed by atoms with van der Waals surface area (Å²) in [4.78, 5) is 25.3. The van der Waals surface area contributed by atoms with E-state index in [1.165, 1.54) is 0 Å². The number of anilines is 2. The number of hydrogen-bond donors (Lipinski definition) is 2. The maximum atomic E-state index is 12.7. The molecule has 1 amide bonds. The third-order valence-corrected chi connectivity index (χ3v) is 5.06. The number of ether oxygens (including phenoxy) is 1. The molecule has 0 saturated heterocycles. The van der Waals surface area contributed by atoms with Gasteiger partial charge in [-0.1, -0.05) is 41.4 Å². The van der Waals surface area contributed by atoms with Gasteiger partial charge in [-0.15, -0.1) is 0 Å². The summed E-state index contributed by atoms with van der Waals surface area (Å²) in [6, 6.07) is 12.0. The Hall–Kier alpha value is -2.24. The summed E-state index contributed by atoms with van der Waals surface area (Å²) >= 11 is 12.6. The Morgan fingerprint density at radius 3 is 2.52 bits per heavy atom. The molecule has 2 aromatic rings. The van der Waals surface area contributed by atoms with Crippen molar-refractivity contribution in [2.24, 2.45) is 0 Å². The number of carbonyl (C=O) groups excluding carboxylic acids is 2. The van der Waals surface area contributed by atoms with Gasteiger partial charge in [0, 0.05) is 27.8 Å². The van der Waals surface area contributed by atoms with E-state index in [1.807, 2.05) is 51.1 Å². The number of hydrogen-bond acceptors (Lipinski definition) is 4. The van der Waals surface area contributed by atoms with Crippen LogP contribution in [0.2, 0.25) is 10.0 Å². The van der Waals surface area contributed by atoms with Crippen LogP contribution in [0.3, 0.4) is 0 Å². The summed E-state index contributed by atoms with van der Waals surface area (Å²) in [7, 11) is 0. The van der Waals surface area contributed by atoms with Crippen LogP contribution in [0.5, 0.6) is 0 Å². The van der Waals surface area contributed by atoms with Gasteiger partial charge in [0.15, 0.2) is 0 Å². The molecule has 2 atom stereocenters. The molecular formula is C22H24Cl2N2O3. The van der Waals surface area contributed by atoms with Crippen LogP contribution < -0.4 is 10.6 Å². The van der Waals surface area contributed by atoms with Crippen molar-refractivity contribution in [2.45, 2.75) is 51.2 Å². The van der Waals surface area contributed by atoms with E-state index in [4.69, 9.17) is 27.9 Å². The molecule has 0 bridgehead atoms. The first-order chi connectivity index (χ1) is 13.6. The SMILES string of the molecule is CC(C)(C)OC(=O)[C@@H]1C[C@@H](CC(=O)Nc2ccccc2)c2c(Cl)cc(Cl)cc2N1. The van der Waals surface area contributed by atoms with Crippen LogP contribution >= 0.6 is 23.2 Å². The molecule has 2 N–H and O–H groups in total. The number of para-hydroxylation sites is 1. The first-order valence-corrected chi connectivity index (χ1v) is 10.2. The molecule has 0 spiro atoms. The lowest BCUT2D eigenvalue weighted by molar-refractivity contribution is -0.156. The molecule has 0 radical (unpaired) electrons. The predicted octanol–water partition coefficient (Wildman–Crippen LogP) is 5.63. The van der Waals surface area contributed by atoms with Crippen molar-refractivity contribution in [2.75, 3.05) is 10.6 Å². The minimum Gasteiger partial charge on any atom is -0.458 e. The van der Waals surface area contributed by atoms with E-state index in [2.05, 4.69) is 10.6 Å². The lowest BCUT2D eigenvalue weighted by atomic mass is 9.84. The number of halogens is 2. The second kappa shape index (κ2) is 8.64. The number of benzene rings is 2. The fourth-order valence-electron chi connectivity index (χ4n) is 3.44. The average molecular weight is 435 g/mol. The monoisotopic (exact) mass is 434 g/mol. The highest BCUT2D eigenvalue weighted by molar-refractivity contribution is 6.35. The van der Waals surface area contributed by atoms with E-state index in [9.17, 15) is 9.59 Å². The van der Waals surface area contributed by atoms with Gasteiger partial charge in [-0.3, -0.25) is 4.79 Å². The van der Waals surface area contributed by atoms with Crippen LogP contribution in [0.1, 0.15) is 45.1 Å². The molecule has 1 aliphatic rings. The standard InChI is InChI=1S/C22H24Cl2N2O3/c1-22(2,3)29-21(28)18-9-13(10-19(27)25-15-7-5-4-6-8-15)20-16(24)11-14(23)12-17(20)26-18/h4-8,11-13,18,26H,9-10H2,1-3H3,(H,25,27)/t13-,18-/m0/s1. The Labute approximate surface area is 180 Å². The number of nitrogens with one attached hydrogen (secondary N) is 2. The topological polar surface area (TPSA) is 67.4 Å². The van der Waals surface area contributed by atoms with Gasteiger partial charge in [-0.25, -0.2) is 4.79 Å². The normalized spacial score (nSPS) is 18.4. The van der Waals surface area contributed by atoms with Gasteiger partial charge in [-0.2, -0.15) is 0 Å². The van der Waals surface area contributed by atoms with Crippen molar-refractivity contribution in [1.29, 1.82) is 0 Å². The molecule has 2 aromatic carbocycles. The van der Waals surface area contributed by atoms with Gasteiger partial charge in [0.25, 0.3) is 0 Å². The van der Waals surface area contributed by atoms with E-state index in [1.54, 1.807) is 12.1 Å². The van der Waals surface area contributed by atoms with E-state index in [0.29, 0.717) is 22.2 Å². The lowest BCUT2D eigenvalue weighted by Gasteiger charge is -2.34. The fourth-order valence-corrected chi connectivity index (χ4v) is 4.09. The summed E-state index contributed by atoms with van der Waals surface area (Å²) in [6.45, 7) is 5.46. The molecule has 1 aliphatic heterocycles. The van der Waals surface area contributed by atoms with Crippen molar-refractivity contribution >= 4 is 46.5 Å². The van der Waals surface area contributed by atoms with Crippen molar-refractivity contribution in [1.82, 2.24) is 0 Å². The molecule has 0 saturated carbocycles. The Balaban J connectivity index is 1.84. The third-order valence-electron chi connectivity index (χ3n) is 4.53. The van der Waals surface area contributed by atoms with Gasteiger partial charge in [0.2, 0.25) is 5.91 Å². The van der Waals surface area contributed by atoms with Crippen LogP contribution in [0.15, 0.2) is 42.5 Å². The quantitative estimate of drug-likeness (QED) is 0.611. The number of carbonyl (C=O) groups is 2. The van der Waals surface area contributed by atoms with Crippen molar-refractivity contribution in [3.8, 4) is 0 Å². The number of rotatable bonds is 4. The summed E-state index contributed by atoms with van der Waals surface area (Å²) < 4.78 is 5.53. The van der Waals surface area contributed by atoms with Crippen molar-refractivity contribution in [3.63, 3.8) is 0 Å². The average Bonchev–Trinajstić information content (AvgIpc) is 2.60. The highest BCUT2D eigenvalue weighted by Crippen LogP contribution is 2.43. The Bertz CT molecular complexity index is 910. The van der Waals surface area contributed by atoms with Gasteiger partial charge in [0.1, 0.15) is 11.6 Å². The molecule has 5 nitrogen and oxygen atoms in total. The first-order valence-electron chi connectivity index (χ1n) is 9.45. The molecule has 3 rings (SSSR count). The van der Waals surface area contributed by atoms with Gasteiger partial charge in [0.05, 0.1) is 0 Å². The molecule has 154 valence electrons. The minimum absolute atomic E-state index is 0.150. The fraction of sp³-hybridized carbons (Fsp3) is 0.364. The molecule has 7 heteroatoms. The molecular weight excluding hydrogens is 411 g/mol. The molecule has 29 heavy (non-hydrogen) atoms. The highest BCUT2D eigenvalue weighted by atomic mass is 35.5. The van der Waals surface area contributed by atoms with E-state index >= 15 is 0 Å². The van der Waals surface area contributed by atoms with Crippen molar-refractivity contribution < 1.29 is 14.3 Å². The zero-order chi connectivity index (χ0) is 21.2. The second-order valence-electron chi connectivity index (χ2n) is 8.13. The Morgan fingerprint density at radius 2 is 1.86 bits per heavy atom. The highest BCUT2D eigenvalue weighted by Gasteiger charge is 2.36.